The van der Waals surface area contributed by atoms with Crippen LogP contribution in [0.4, 0.5) is 0 Å². The minimum atomic E-state index is -0.187. The summed E-state index contributed by atoms with van der Waals surface area (Å²) in [6, 6.07) is 0. The van der Waals surface area contributed by atoms with Crippen molar-refractivity contribution in [1.82, 2.24) is 5.01 Å². The first-order chi connectivity index (χ1) is 17.3. The number of rotatable bonds is 5. The van der Waals surface area contributed by atoms with Crippen molar-refractivity contribution in [2.24, 2.45) is 62.8 Å². The van der Waals surface area contributed by atoms with E-state index in [4.69, 9.17) is 5.10 Å². The van der Waals surface area contributed by atoms with E-state index in [0.29, 0.717) is 45.8 Å². The Morgan fingerprint density at radius 1 is 1.03 bits per heavy atom. The van der Waals surface area contributed by atoms with Crippen molar-refractivity contribution in [3.63, 3.8) is 0 Å². The molecule has 4 nitrogen and oxygen atoms in total. The molecule has 0 aromatic heterocycles. The second-order valence-corrected chi connectivity index (χ2v) is 16.6. The van der Waals surface area contributed by atoms with Gasteiger partial charge < -0.3 is 10.2 Å². The third kappa shape index (κ3) is 4.63. The molecule has 0 aromatic carbocycles. The number of hydrazone groups is 1. The van der Waals surface area contributed by atoms with Gasteiger partial charge in [-0.15, -0.1) is 0 Å². The molecule has 5 rings (SSSR count). The third-order valence-electron chi connectivity index (χ3n) is 12.6. The van der Waals surface area contributed by atoms with Crippen LogP contribution in [0.5, 0.6) is 0 Å². The maximum Gasteiger partial charge on any atom is 0.101 e. The molecule has 0 aromatic rings. The number of fused-ring (bicyclic) bond motifs is 5. The largest absolute Gasteiger partial charge is 0.393 e. The van der Waals surface area contributed by atoms with E-state index in [-0.39, 0.29) is 17.6 Å². The summed E-state index contributed by atoms with van der Waals surface area (Å²) in [7, 11) is 2.15. The van der Waals surface area contributed by atoms with Crippen LogP contribution in [0.3, 0.4) is 0 Å². The van der Waals surface area contributed by atoms with E-state index in [1.807, 2.05) is 11.8 Å². The fourth-order valence-corrected chi connectivity index (χ4v) is 11.8. The molecule has 4 saturated carbocycles. The molecule has 0 spiro atoms. The summed E-state index contributed by atoms with van der Waals surface area (Å²) in [5.41, 5.74) is 0.788. The summed E-state index contributed by atoms with van der Waals surface area (Å²) in [5.74, 6) is 4.07. The van der Waals surface area contributed by atoms with Crippen LogP contribution in [-0.2, 0) is 0 Å². The van der Waals surface area contributed by atoms with Gasteiger partial charge in [-0.1, -0.05) is 66.6 Å². The standard InChI is InChI=1S/C32H56N2O2S/c1-9-21-25-18-20(35)14-16-32(25,7)24-15-17-31(6)22(11-12-23(31)27(24)28(21)36)19(2)10-13-26-34(8)33-29(37-26)30(3,4)5/h19-28,35-36H,9-18H2,1-8H3/t19-,20-,21-,22?,23+,24+,25?,26?,27?,28-,31?,32?/m1/s1. The maximum absolute atomic E-state index is 12.0. The lowest BCUT2D eigenvalue weighted by Crippen LogP contribution is -2.62. The third-order valence-corrected chi connectivity index (χ3v) is 14.3. The Kier molecular flexibility index (Phi) is 7.63. The molecule has 5 heteroatoms. The molecule has 0 saturated heterocycles. The molecule has 5 aliphatic rings. The molecule has 6 unspecified atom stereocenters. The van der Waals surface area contributed by atoms with Crippen molar-refractivity contribution in [1.29, 1.82) is 0 Å². The zero-order valence-corrected chi connectivity index (χ0v) is 25.9. The van der Waals surface area contributed by atoms with Crippen LogP contribution in [0.15, 0.2) is 5.10 Å². The number of nitrogens with zero attached hydrogens (tertiary/aromatic N) is 2. The number of hydrogen-bond donors (Lipinski definition) is 2. The lowest BCUT2D eigenvalue weighted by atomic mass is 9.41. The van der Waals surface area contributed by atoms with Gasteiger partial charge in [-0.3, -0.25) is 5.01 Å². The average molecular weight is 533 g/mol. The fourth-order valence-electron chi connectivity index (χ4n) is 10.5. The number of aliphatic hydroxyl groups excluding tert-OH is 2. The lowest BCUT2D eigenvalue weighted by molar-refractivity contribution is -0.203. The molecule has 4 fully saturated rings. The smallest absolute Gasteiger partial charge is 0.101 e. The molecule has 0 amide bonds. The summed E-state index contributed by atoms with van der Waals surface area (Å²) in [5, 5.41) is 31.3. The maximum atomic E-state index is 12.0. The highest BCUT2D eigenvalue weighted by atomic mass is 32.2. The van der Waals surface area contributed by atoms with Crippen molar-refractivity contribution in [2.45, 2.75) is 130 Å². The Morgan fingerprint density at radius 3 is 2.35 bits per heavy atom. The van der Waals surface area contributed by atoms with Gasteiger partial charge >= 0.3 is 0 Å². The zero-order chi connectivity index (χ0) is 26.9. The van der Waals surface area contributed by atoms with Crippen LogP contribution in [-0.4, -0.2) is 44.9 Å². The molecule has 37 heavy (non-hydrogen) atoms. The monoisotopic (exact) mass is 532 g/mol. The Balaban J connectivity index is 1.29. The number of aliphatic hydroxyl groups is 2. The molecule has 2 N–H and O–H groups in total. The number of thioether (sulfide) groups is 1. The zero-order valence-electron chi connectivity index (χ0n) is 25.0. The highest BCUT2D eigenvalue weighted by molar-refractivity contribution is 8.14. The molecule has 4 aliphatic carbocycles. The molecule has 0 radical (unpaired) electrons. The quantitative estimate of drug-likeness (QED) is 0.387. The minimum absolute atomic E-state index is 0.132. The molecular formula is C32H56N2O2S. The topological polar surface area (TPSA) is 56.1 Å². The number of hydrogen-bond acceptors (Lipinski definition) is 5. The molecule has 212 valence electrons. The molecule has 12 atom stereocenters. The first-order valence-electron chi connectivity index (χ1n) is 15.7. The van der Waals surface area contributed by atoms with Gasteiger partial charge in [0.2, 0.25) is 0 Å². The second kappa shape index (κ2) is 9.98. The Bertz CT molecular complexity index is 871. The van der Waals surface area contributed by atoms with Gasteiger partial charge in [-0.2, -0.15) is 5.10 Å². The van der Waals surface area contributed by atoms with Gasteiger partial charge in [-0.25, -0.2) is 0 Å². The lowest BCUT2D eigenvalue weighted by Gasteiger charge is -2.64. The SMILES string of the molecule is CC[C@@H]1C2C[C@H](O)CCC2(C)[C@H]2CCC3(C)C([C@H](C)CCC4SC(C(C)(C)C)=NN4C)CC[C@H]3C2[C@@H]1O. The van der Waals surface area contributed by atoms with Gasteiger partial charge in [0.05, 0.1) is 17.6 Å². The van der Waals surface area contributed by atoms with Crippen molar-refractivity contribution < 1.29 is 10.2 Å². The highest BCUT2D eigenvalue weighted by Gasteiger charge is 2.64. The van der Waals surface area contributed by atoms with E-state index >= 15 is 0 Å². The van der Waals surface area contributed by atoms with Gasteiger partial charge in [0.1, 0.15) is 5.04 Å². The van der Waals surface area contributed by atoms with Crippen LogP contribution in [0.1, 0.15) is 113 Å². The Labute approximate surface area is 231 Å². The van der Waals surface area contributed by atoms with Crippen molar-refractivity contribution in [2.75, 3.05) is 7.05 Å². The van der Waals surface area contributed by atoms with E-state index in [0.717, 1.165) is 37.5 Å². The van der Waals surface area contributed by atoms with Gasteiger partial charge in [0.15, 0.2) is 0 Å². The predicted octanol–water partition coefficient (Wildman–Crippen LogP) is 7.39. The summed E-state index contributed by atoms with van der Waals surface area (Å²) in [6.07, 6.45) is 11.4. The van der Waals surface area contributed by atoms with E-state index in [2.05, 4.69) is 60.5 Å². The second-order valence-electron chi connectivity index (χ2n) is 15.5. The Morgan fingerprint density at radius 2 is 1.70 bits per heavy atom. The fraction of sp³-hybridized carbons (Fsp3) is 0.969. The van der Waals surface area contributed by atoms with Crippen molar-refractivity contribution >= 4 is 16.8 Å². The first kappa shape index (κ1) is 28.3. The normalized spacial score (nSPS) is 48.8. The first-order valence-corrected chi connectivity index (χ1v) is 16.5. The summed E-state index contributed by atoms with van der Waals surface area (Å²) >= 11 is 1.99. The van der Waals surface area contributed by atoms with E-state index in [1.165, 1.54) is 43.6 Å². The van der Waals surface area contributed by atoms with Gasteiger partial charge in [-0.05, 0) is 110 Å². The van der Waals surface area contributed by atoms with E-state index < -0.39 is 0 Å². The van der Waals surface area contributed by atoms with Crippen LogP contribution < -0.4 is 0 Å². The molecule has 0 bridgehead atoms. The van der Waals surface area contributed by atoms with Crippen LogP contribution in [0.25, 0.3) is 0 Å². The summed E-state index contributed by atoms with van der Waals surface area (Å²) < 4.78 is 0. The van der Waals surface area contributed by atoms with Crippen LogP contribution >= 0.6 is 11.8 Å². The molecule has 1 aliphatic heterocycles. The summed E-state index contributed by atoms with van der Waals surface area (Å²) in [4.78, 5) is 0. The Hall–Kier alpha value is -0.260. The minimum Gasteiger partial charge on any atom is -0.393 e. The van der Waals surface area contributed by atoms with Crippen molar-refractivity contribution in [3.05, 3.63) is 0 Å². The average Bonchev–Trinajstić information content (AvgIpc) is 3.38. The van der Waals surface area contributed by atoms with Gasteiger partial charge in [0.25, 0.3) is 0 Å². The molecular weight excluding hydrogens is 476 g/mol. The van der Waals surface area contributed by atoms with Crippen LogP contribution in [0.2, 0.25) is 0 Å². The van der Waals surface area contributed by atoms with Crippen molar-refractivity contribution in [3.8, 4) is 0 Å². The molecule has 1 heterocycles. The van der Waals surface area contributed by atoms with E-state index in [1.54, 1.807) is 0 Å². The highest BCUT2D eigenvalue weighted by Crippen LogP contribution is 2.69. The predicted molar refractivity (Wildman–Crippen MR) is 156 cm³/mol. The van der Waals surface area contributed by atoms with Gasteiger partial charge in [0, 0.05) is 12.5 Å². The summed E-state index contributed by atoms with van der Waals surface area (Å²) in [6.45, 7) is 16.8. The van der Waals surface area contributed by atoms with Crippen LogP contribution in [0, 0.1) is 57.7 Å². The van der Waals surface area contributed by atoms with E-state index in [9.17, 15) is 10.2 Å².